The molecule has 0 amide bonds. The van der Waals surface area contributed by atoms with Gasteiger partial charge in [0.2, 0.25) is 0 Å². The molecule has 0 aliphatic rings. The number of rotatable bonds is 5. The lowest BCUT2D eigenvalue weighted by molar-refractivity contribution is 0.471. The van der Waals surface area contributed by atoms with Crippen LogP contribution in [0, 0.1) is 19.7 Å². The van der Waals surface area contributed by atoms with Crippen molar-refractivity contribution in [1.29, 1.82) is 0 Å². The molecule has 0 aliphatic carbocycles. The first-order valence-corrected chi connectivity index (χ1v) is 8.87. The molecule has 5 nitrogen and oxygen atoms in total. The zero-order valence-electron chi connectivity index (χ0n) is 13.7. The predicted octanol–water partition coefficient (Wildman–Crippen LogP) is 3.24. The molecule has 0 saturated heterocycles. The monoisotopic (exact) mass is 350 g/mol. The van der Waals surface area contributed by atoms with E-state index in [9.17, 15) is 17.9 Å². The van der Waals surface area contributed by atoms with Crippen molar-refractivity contribution < 1.29 is 17.9 Å². The fourth-order valence-electron chi connectivity index (χ4n) is 2.23. The summed E-state index contributed by atoms with van der Waals surface area (Å²) in [6, 6.07) is 8.52. The van der Waals surface area contributed by atoms with Gasteiger partial charge < -0.3 is 5.11 Å². The van der Waals surface area contributed by atoms with Crippen LogP contribution in [0.2, 0.25) is 0 Å². The Morgan fingerprint density at radius 3 is 2.58 bits per heavy atom. The maximum absolute atomic E-state index is 13.4. The second-order valence-electron chi connectivity index (χ2n) is 5.44. The Bertz CT molecular complexity index is 893. The lowest BCUT2D eigenvalue weighted by atomic mass is 10.1. The minimum absolute atomic E-state index is 0.130. The van der Waals surface area contributed by atoms with Gasteiger partial charge in [-0.3, -0.25) is 0 Å². The zero-order chi connectivity index (χ0) is 17.9. The summed E-state index contributed by atoms with van der Waals surface area (Å²) in [5.74, 6) is -0.704. The van der Waals surface area contributed by atoms with Crippen LogP contribution in [0.25, 0.3) is 0 Å². The molecule has 0 radical (unpaired) electrons. The van der Waals surface area contributed by atoms with E-state index >= 15 is 0 Å². The van der Waals surface area contributed by atoms with Gasteiger partial charge >= 0.3 is 0 Å². The number of hydrogen-bond acceptors (Lipinski definition) is 4. The first-order valence-electron chi connectivity index (χ1n) is 7.39. The first-order chi connectivity index (χ1) is 11.2. The van der Waals surface area contributed by atoms with Gasteiger partial charge in [0.05, 0.1) is 10.6 Å². The van der Waals surface area contributed by atoms with Gasteiger partial charge in [-0.15, -0.1) is 0 Å². The van der Waals surface area contributed by atoms with Crippen LogP contribution in [0.5, 0.6) is 5.75 Å². The van der Waals surface area contributed by atoms with Crippen molar-refractivity contribution in [3.8, 4) is 5.75 Å². The summed E-state index contributed by atoms with van der Waals surface area (Å²) in [6.07, 6.45) is 0.312. The molecule has 0 unspecified atom stereocenters. The number of aryl methyl sites for hydroxylation is 2. The maximum atomic E-state index is 13.4. The molecule has 24 heavy (non-hydrogen) atoms. The number of nitrogens with zero attached hydrogens (tertiary/aromatic N) is 1. The SMILES string of the molecule is CCC(=NNS(=O)(=O)c1cc(C)ccc1C)c1cc(F)ccc1O. The number of benzene rings is 2. The van der Waals surface area contributed by atoms with Crippen molar-refractivity contribution in [2.24, 2.45) is 5.10 Å². The predicted molar refractivity (Wildman–Crippen MR) is 91.1 cm³/mol. The van der Waals surface area contributed by atoms with Crippen LogP contribution in [0.3, 0.4) is 0 Å². The van der Waals surface area contributed by atoms with E-state index in [0.717, 1.165) is 17.7 Å². The van der Waals surface area contributed by atoms with Gasteiger partial charge in [-0.05, 0) is 55.7 Å². The number of phenolic OH excluding ortho intramolecular Hbond substituents is 1. The fourth-order valence-corrected chi connectivity index (χ4v) is 3.39. The molecule has 2 aromatic rings. The number of halogens is 1. The summed E-state index contributed by atoms with van der Waals surface area (Å²) in [7, 11) is -3.86. The Kier molecular flexibility index (Phi) is 5.23. The van der Waals surface area contributed by atoms with Crippen molar-refractivity contribution in [2.75, 3.05) is 0 Å². The summed E-state index contributed by atoms with van der Waals surface area (Å²) in [4.78, 5) is 2.30. The van der Waals surface area contributed by atoms with Gasteiger partial charge in [0.15, 0.2) is 0 Å². The lowest BCUT2D eigenvalue weighted by Gasteiger charge is -2.10. The number of nitrogens with one attached hydrogen (secondary N) is 1. The van der Waals surface area contributed by atoms with Crippen LogP contribution in [0.4, 0.5) is 4.39 Å². The van der Waals surface area contributed by atoms with E-state index in [-0.39, 0.29) is 21.9 Å². The molecule has 0 aromatic heterocycles. The molecule has 0 heterocycles. The topological polar surface area (TPSA) is 78.8 Å². The minimum atomic E-state index is -3.86. The minimum Gasteiger partial charge on any atom is -0.507 e. The third-order valence-electron chi connectivity index (χ3n) is 3.54. The second kappa shape index (κ2) is 7.00. The summed E-state index contributed by atoms with van der Waals surface area (Å²) >= 11 is 0. The normalized spacial score (nSPS) is 12.2. The molecule has 0 bridgehead atoms. The highest BCUT2D eigenvalue weighted by molar-refractivity contribution is 7.89. The van der Waals surface area contributed by atoms with Gasteiger partial charge in [-0.25, -0.2) is 4.39 Å². The van der Waals surface area contributed by atoms with Crippen LogP contribution in [0.1, 0.15) is 30.0 Å². The van der Waals surface area contributed by atoms with Gasteiger partial charge in [0, 0.05) is 5.56 Å². The Morgan fingerprint density at radius 2 is 1.92 bits per heavy atom. The quantitative estimate of drug-likeness (QED) is 0.642. The summed E-state index contributed by atoms with van der Waals surface area (Å²) in [5, 5.41) is 13.7. The van der Waals surface area contributed by atoms with Crippen molar-refractivity contribution in [3.63, 3.8) is 0 Å². The molecule has 0 aliphatic heterocycles. The van der Waals surface area contributed by atoms with Crippen LogP contribution < -0.4 is 4.83 Å². The van der Waals surface area contributed by atoms with Gasteiger partial charge in [-0.1, -0.05) is 19.1 Å². The van der Waals surface area contributed by atoms with E-state index in [4.69, 9.17) is 0 Å². The van der Waals surface area contributed by atoms with E-state index in [2.05, 4.69) is 9.93 Å². The van der Waals surface area contributed by atoms with Crippen LogP contribution in [-0.4, -0.2) is 19.2 Å². The molecule has 0 spiro atoms. The number of sulfonamides is 1. The van der Waals surface area contributed by atoms with Crippen LogP contribution >= 0.6 is 0 Å². The molecule has 0 atom stereocenters. The van der Waals surface area contributed by atoms with Crippen molar-refractivity contribution in [2.45, 2.75) is 32.1 Å². The molecule has 7 heteroatoms. The third kappa shape index (κ3) is 3.91. The summed E-state index contributed by atoms with van der Waals surface area (Å²) < 4.78 is 38.3. The molecule has 2 rings (SSSR count). The van der Waals surface area contributed by atoms with Gasteiger partial charge in [-0.2, -0.15) is 18.4 Å². The highest BCUT2D eigenvalue weighted by Gasteiger charge is 2.17. The second-order valence-corrected chi connectivity index (χ2v) is 7.07. The molecule has 0 fully saturated rings. The number of hydrogen-bond donors (Lipinski definition) is 2. The number of hydrazone groups is 1. The maximum Gasteiger partial charge on any atom is 0.276 e. The van der Waals surface area contributed by atoms with E-state index in [1.165, 1.54) is 6.07 Å². The average Bonchev–Trinajstić information content (AvgIpc) is 2.53. The Morgan fingerprint density at radius 1 is 1.21 bits per heavy atom. The standard InChI is InChI=1S/C17H19FN2O3S/c1-4-15(14-10-13(18)7-8-16(14)21)19-20-24(22,23)17-9-11(2)5-6-12(17)3/h5-10,20-21H,4H2,1-3H3. The average molecular weight is 350 g/mol. The molecule has 128 valence electrons. The third-order valence-corrected chi connectivity index (χ3v) is 4.89. The highest BCUT2D eigenvalue weighted by atomic mass is 32.2. The zero-order valence-corrected chi connectivity index (χ0v) is 14.5. The van der Waals surface area contributed by atoms with Crippen LogP contribution in [-0.2, 0) is 10.0 Å². The van der Waals surface area contributed by atoms with Gasteiger partial charge in [0.25, 0.3) is 10.0 Å². The largest absolute Gasteiger partial charge is 0.507 e. The van der Waals surface area contributed by atoms with Crippen molar-refractivity contribution in [3.05, 3.63) is 58.9 Å². The van der Waals surface area contributed by atoms with E-state index in [0.29, 0.717) is 12.0 Å². The molecular formula is C17H19FN2O3S. The summed E-state index contributed by atoms with van der Waals surface area (Å²) in [5.41, 5.74) is 1.79. The van der Waals surface area contributed by atoms with Gasteiger partial charge in [0.1, 0.15) is 11.6 Å². The fraction of sp³-hybridized carbons (Fsp3) is 0.235. The van der Waals surface area contributed by atoms with E-state index in [1.54, 1.807) is 32.9 Å². The molecular weight excluding hydrogens is 331 g/mol. The van der Waals surface area contributed by atoms with E-state index in [1.807, 2.05) is 6.07 Å². The van der Waals surface area contributed by atoms with Crippen molar-refractivity contribution >= 4 is 15.7 Å². The molecule has 2 aromatic carbocycles. The highest BCUT2D eigenvalue weighted by Crippen LogP contribution is 2.21. The number of aromatic hydroxyl groups is 1. The Labute approximate surface area is 140 Å². The smallest absolute Gasteiger partial charge is 0.276 e. The van der Waals surface area contributed by atoms with E-state index < -0.39 is 15.8 Å². The Hall–Kier alpha value is -2.41. The molecule has 2 N–H and O–H groups in total. The number of phenols is 1. The lowest BCUT2D eigenvalue weighted by Crippen LogP contribution is -2.21. The van der Waals surface area contributed by atoms with Crippen molar-refractivity contribution in [1.82, 2.24) is 4.83 Å². The molecule has 0 saturated carbocycles. The van der Waals surface area contributed by atoms with Crippen LogP contribution in [0.15, 0.2) is 46.4 Å². The summed E-state index contributed by atoms with van der Waals surface area (Å²) in [6.45, 7) is 5.22. The Balaban J connectivity index is 2.39. The first kappa shape index (κ1) is 17.9.